The van der Waals surface area contributed by atoms with Gasteiger partial charge in [0, 0.05) is 39.1 Å². The van der Waals surface area contributed by atoms with Crippen LogP contribution >= 0.6 is 0 Å². The van der Waals surface area contributed by atoms with Crippen LogP contribution in [0, 0.1) is 0 Å². The number of carboxylic acid groups (broad SMARTS) is 1. The molecular weight excluding hydrogens is 410 g/mol. The molecule has 0 unspecified atom stereocenters. The SMILES string of the molecule is CC1(C)O[C@H](COS(=O)(=O)C(F)(F)F)C[C@H](CC(=O)O)O1.[Y]. The molecule has 0 bridgehead atoms. The van der Waals surface area contributed by atoms with Crippen molar-refractivity contribution in [3.8, 4) is 0 Å². The summed E-state index contributed by atoms with van der Waals surface area (Å²) in [5, 5.41) is 8.69. The van der Waals surface area contributed by atoms with Gasteiger partial charge in [0.1, 0.15) is 0 Å². The van der Waals surface area contributed by atoms with E-state index >= 15 is 0 Å². The molecule has 127 valence electrons. The number of carbonyl (C=O) groups is 1. The predicted octanol–water partition coefficient (Wildman–Crippen LogP) is 1.24. The normalized spacial score (nSPS) is 25.3. The van der Waals surface area contributed by atoms with E-state index in [0.29, 0.717) is 0 Å². The Morgan fingerprint density at radius 2 is 1.82 bits per heavy atom. The molecule has 1 rings (SSSR count). The Hall–Kier alpha value is 0.194. The number of rotatable bonds is 5. The summed E-state index contributed by atoms with van der Waals surface area (Å²) < 4.78 is 72.4. The Balaban J connectivity index is 0.00000441. The van der Waals surface area contributed by atoms with E-state index < -0.39 is 46.2 Å². The molecule has 0 aliphatic carbocycles. The van der Waals surface area contributed by atoms with E-state index in [1.165, 1.54) is 13.8 Å². The van der Waals surface area contributed by atoms with E-state index in [4.69, 9.17) is 14.6 Å². The van der Waals surface area contributed by atoms with Crippen LogP contribution in [-0.2, 0) is 61.3 Å². The Morgan fingerprint density at radius 3 is 2.27 bits per heavy atom. The molecule has 0 aromatic heterocycles. The molecule has 1 saturated heterocycles. The second-order valence-electron chi connectivity index (χ2n) is 4.90. The summed E-state index contributed by atoms with van der Waals surface area (Å²) in [5.74, 6) is -2.41. The molecule has 1 aliphatic heterocycles. The molecule has 7 nitrogen and oxygen atoms in total. The van der Waals surface area contributed by atoms with Gasteiger partial charge in [-0.25, -0.2) is 0 Å². The van der Waals surface area contributed by atoms with Crippen LogP contribution in [0.2, 0.25) is 0 Å². The molecule has 0 aromatic carbocycles. The van der Waals surface area contributed by atoms with Gasteiger partial charge in [0.05, 0.1) is 25.2 Å². The minimum absolute atomic E-state index is 0. The zero-order chi connectivity index (χ0) is 16.5. The van der Waals surface area contributed by atoms with Crippen LogP contribution in [0.5, 0.6) is 0 Å². The first kappa shape index (κ1) is 22.2. The summed E-state index contributed by atoms with van der Waals surface area (Å²) in [6.45, 7) is 2.00. The van der Waals surface area contributed by atoms with E-state index in [-0.39, 0.29) is 45.6 Å². The molecule has 0 spiro atoms. The Kier molecular flexibility index (Phi) is 7.91. The number of aliphatic carboxylic acids is 1. The van der Waals surface area contributed by atoms with Crippen LogP contribution < -0.4 is 0 Å². The zero-order valence-corrected chi connectivity index (χ0v) is 15.4. The average molecular weight is 425 g/mol. The average Bonchev–Trinajstić information content (AvgIpc) is 2.21. The van der Waals surface area contributed by atoms with E-state index in [1.54, 1.807) is 0 Å². The molecule has 12 heteroatoms. The van der Waals surface area contributed by atoms with Crippen molar-refractivity contribution >= 4 is 16.1 Å². The summed E-state index contributed by atoms with van der Waals surface area (Å²) in [6.07, 6.45) is -2.32. The Morgan fingerprint density at radius 1 is 1.32 bits per heavy atom. The first-order valence-corrected chi connectivity index (χ1v) is 7.26. The summed E-state index contributed by atoms with van der Waals surface area (Å²) in [4.78, 5) is 10.6. The van der Waals surface area contributed by atoms with Crippen molar-refractivity contribution in [1.29, 1.82) is 0 Å². The predicted molar refractivity (Wildman–Crippen MR) is 61.6 cm³/mol. The molecule has 1 aliphatic rings. The van der Waals surface area contributed by atoms with Crippen molar-refractivity contribution in [2.24, 2.45) is 0 Å². The molecule has 2 atom stereocenters. The van der Waals surface area contributed by atoms with Crippen molar-refractivity contribution in [2.75, 3.05) is 6.61 Å². The van der Waals surface area contributed by atoms with Gasteiger partial charge < -0.3 is 14.6 Å². The van der Waals surface area contributed by atoms with Crippen LogP contribution in [0.25, 0.3) is 0 Å². The largest absolute Gasteiger partial charge is 0.523 e. The third-order valence-electron chi connectivity index (χ3n) is 2.52. The van der Waals surface area contributed by atoms with Crippen LogP contribution in [0.4, 0.5) is 13.2 Å². The van der Waals surface area contributed by atoms with Crippen molar-refractivity contribution in [1.82, 2.24) is 0 Å². The van der Waals surface area contributed by atoms with Gasteiger partial charge in [0.25, 0.3) is 0 Å². The maximum absolute atomic E-state index is 12.1. The third kappa shape index (κ3) is 6.75. The van der Waals surface area contributed by atoms with E-state index in [2.05, 4.69) is 4.18 Å². The maximum Gasteiger partial charge on any atom is 0.523 e. The van der Waals surface area contributed by atoms with Gasteiger partial charge in [-0.05, 0) is 13.8 Å². The summed E-state index contributed by atoms with van der Waals surface area (Å²) >= 11 is 0. The third-order valence-corrected chi connectivity index (χ3v) is 3.53. The van der Waals surface area contributed by atoms with Crippen molar-refractivity contribution in [2.45, 2.75) is 50.2 Å². The van der Waals surface area contributed by atoms with Crippen LogP contribution in [0.3, 0.4) is 0 Å². The number of halogens is 3. The molecule has 0 saturated carbocycles. The molecule has 0 aromatic rings. The number of ether oxygens (including phenoxy) is 2. The second-order valence-corrected chi connectivity index (χ2v) is 6.50. The van der Waals surface area contributed by atoms with E-state index in [9.17, 15) is 26.4 Å². The quantitative estimate of drug-likeness (QED) is 0.523. The number of hydrogen-bond acceptors (Lipinski definition) is 6. The molecule has 1 heterocycles. The Labute approximate surface area is 150 Å². The first-order chi connectivity index (χ1) is 9.32. The minimum atomic E-state index is -5.71. The van der Waals surface area contributed by atoms with Crippen LogP contribution in [-0.4, -0.2) is 49.6 Å². The van der Waals surface area contributed by atoms with Crippen LogP contribution in [0.15, 0.2) is 0 Å². The molecule has 1 fully saturated rings. The second kappa shape index (κ2) is 7.84. The fourth-order valence-electron chi connectivity index (χ4n) is 1.87. The summed E-state index contributed by atoms with van der Waals surface area (Å²) in [5.41, 5.74) is -5.52. The van der Waals surface area contributed by atoms with Crippen molar-refractivity contribution in [3.63, 3.8) is 0 Å². The van der Waals surface area contributed by atoms with Gasteiger partial charge >= 0.3 is 21.6 Å². The van der Waals surface area contributed by atoms with Gasteiger partial charge in [0.15, 0.2) is 5.79 Å². The van der Waals surface area contributed by atoms with Crippen molar-refractivity contribution in [3.05, 3.63) is 0 Å². The standard InChI is InChI=1S/C10H15F3O7S.Y/c1-9(2)19-6(4-8(14)15)3-7(20-9)5-18-21(16,17)10(11,12)13;/h6-7H,3-5H2,1-2H3,(H,14,15);/t6-,7+;/m1./s1. The number of hydrogen-bond donors (Lipinski definition) is 1. The monoisotopic (exact) mass is 425 g/mol. The Bertz CT molecular complexity index is 491. The molecular formula is C10H15F3O7SY. The van der Waals surface area contributed by atoms with E-state index in [0.717, 1.165) is 0 Å². The zero-order valence-electron chi connectivity index (χ0n) is 11.8. The van der Waals surface area contributed by atoms with E-state index in [1.807, 2.05) is 0 Å². The van der Waals surface area contributed by atoms with Crippen LogP contribution in [0.1, 0.15) is 26.7 Å². The minimum Gasteiger partial charge on any atom is -0.481 e. The van der Waals surface area contributed by atoms with Gasteiger partial charge in [0.2, 0.25) is 0 Å². The fraction of sp³-hybridized carbons (Fsp3) is 0.900. The van der Waals surface area contributed by atoms with Gasteiger partial charge in [-0.2, -0.15) is 21.6 Å². The first-order valence-electron chi connectivity index (χ1n) is 5.85. The molecule has 22 heavy (non-hydrogen) atoms. The number of alkyl halides is 3. The van der Waals surface area contributed by atoms with Crippen molar-refractivity contribution < 1.29 is 77.9 Å². The van der Waals surface area contributed by atoms with Gasteiger partial charge in [-0.1, -0.05) is 0 Å². The maximum atomic E-state index is 12.1. The topological polar surface area (TPSA) is 99.1 Å². The van der Waals surface area contributed by atoms with Gasteiger partial charge in [-0.3, -0.25) is 8.98 Å². The molecule has 1 N–H and O–H groups in total. The van der Waals surface area contributed by atoms with Gasteiger partial charge in [-0.15, -0.1) is 0 Å². The smallest absolute Gasteiger partial charge is 0.481 e. The molecule has 0 amide bonds. The fourth-order valence-corrected chi connectivity index (χ4v) is 2.34. The molecule has 1 radical (unpaired) electrons. The number of carboxylic acids is 1. The summed E-state index contributed by atoms with van der Waals surface area (Å²) in [7, 11) is -5.71. The summed E-state index contributed by atoms with van der Waals surface area (Å²) in [6, 6.07) is 0.